The van der Waals surface area contributed by atoms with Crippen LogP contribution in [0.25, 0.3) is 50.9 Å². The molecule has 1 aliphatic heterocycles. The van der Waals surface area contributed by atoms with Crippen molar-refractivity contribution >= 4 is 51.3 Å². The van der Waals surface area contributed by atoms with Crippen LogP contribution >= 0.6 is 0 Å². The first-order chi connectivity index (χ1) is 25.3. The Kier molecular flexibility index (Phi) is 6.59. The van der Waals surface area contributed by atoms with Crippen LogP contribution in [0.2, 0.25) is 0 Å². The van der Waals surface area contributed by atoms with Gasteiger partial charge in [0.15, 0.2) is 0 Å². The van der Waals surface area contributed by atoms with Gasteiger partial charge in [-0.3, -0.25) is 0 Å². The quantitative estimate of drug-likeness (QED) is 0.202. The number of anilines is 1. The molecule has 11 rings (SSSR count). The molecular formula is C48H40N3-. The van der Waals surface area contributed by atoms with E-state index in [4.69, 9.17) is 5.32 Å². The number of nitrogens with zero attached hydrogens (tertiary/aromatic N) is 2. The molecule has 0 bridgehead atoms. The van der Waals surface area contributed by atoms with Crippen LogP contribution in [0.4, 0.5) is 11.4 Å². The number of rotatable bonds is 3. The number of benzene rings is 5. The van der Waals surface area contributed by atoms with Crippen LogP contribution in [0.3, 0.4) is 0 Å². The summed E-state index contributed by atoms with van der Waals surface area (Å²) in [4.78, 5) is 0. The first-order valence-electron chi connectivity index (χ1n) is 18.8. The number of hydrogen-bond acceptors (Lipinski definition) is 1. The van der Waals surface area contributed by atoms with E-state index in [1.165, 1.54) is 60.2 Å². The molecule has 1 aromatic heterocycles. The minimum atomic E-state index is 0.104. The average Bonchev–Trinajstić information content (AvgIpc) is 3.56. The summed E-state index contributed by atoms with van der Waals surface area (Å²) in [5.74, 6) is 1.28. The van der Waals surface area contributed by atoms with E-state index in [9.17, 15) is 0 Å². The zero-order chi connectivity index (χ0) is 33.5. The van der Waals surface area contributed by atoms with E-state index in [1.54, 1.807) is 0 Å². The monoisotopic (exact) mass is 658 g/mol. The number of fused-ring (bicyclic) bond motifs is 12. The van der Waals surface area contributed by atoms with Gasteiger partial charge in [0.1, 0.15) is 0 Å². The van der Waals surface area contributed by atoms with E-state index < -0.39 is 0 Å². The Labute approximate surface area is 299 Å². The lowest BCUT2D eigenvalue weighted by Gasteiger charge is -2.56. The molecule has 4 aliphatic carbocycles. The van der Waals surface area contributed by atoms with Crippen molar-refractivity contribution in [2.75, 3.05) is 5.32 Å². The second kappa shape index (κ2) is 11.5. The van der Waals surface area contributed by atoms with Gasteiger partial charge in [0.2, 0.25) is 0 Å². The minimum Gasteiger partial charge on any atom is -0.678 e. The number of hydrogen-bond donors (Lipinski definition) is 1. The molecular weight excluding hydrogens is 619 g/mol. The van der Waals surface area contributed by atoms with Crippen molar-refractivity contribution in [1.29, 1.82) is 0 Å². The number of para-hydroxylation sites is 3. The third kappa shape index (κ3) is 4.43. The van der Waals surface area contributed by atoms with Gasteiger partial charge in [0.05, 0.1) is 5.52 Å². The fraction of sp³-hybridized carbons (Fsp3) is 0.208. The first-order valence-corrected chi connectivity index (χ1v) is 18.8. The molecule has 3 heteroatoms. The highest BCUT2D eigenvalue weighted by atomic mass is 15.1. The molecule has 0 amide bonds. The van der Waals surface area contributed by atoms with Crippen molar-refractivity contribution < 1.29 is 0 Å². The highest BCUT2D eigenvalue weighted by molar-refractivity contribution is 6.14. The van der Waals surface area contributed by atoms with E-state index in [1.807, 2.05) is 0 Å². The molecule has 6 aromatic rings. The van der Waals surface area contributed by atoms with E-state index in [2.05, 4.69) is 162 Å². The summed E-state index contributed by atoms with van der Waals surface area (Å²) in [6, 6.07) is 38.2. The maximum Gasteiger partial charge on any atom is 0.0579 e. The van der Waals surface area contributed by atoms with Crippen LogP contribution in [0.15, 0.2) is 134 Å². The van der Waals surface area contributed by atoms with Gasteiger partial charge in [0.25, 0.3) is 0 Å². The van der Waals surface area contributed by atoms with Crippen LogP contribution in [0.5, 0.6) is 0 Å². The van der Waals surface area contributed by atoms with Crippen molar-refractivity contribution in [2.24, 2.45) is 17.8 Å². The lowest BCUT2D eigenvalue weighted by Crippen LogP contribution is -2.50. The van der Waals surface area contributed by atoms with Gasteiger partial charge < -0.3 is 15.2 Å². The predicted molar refractivity (Wildman–Crippen MR) is 213 cm³/mol. The smallest absolute Gasteiger partial charge is 0.0579 e. The largest absolute Gasteiger partial charge is 0.678 e. The molecule has 1 N–H and O–H groups in total. The molecule has 2 heterocycles. The molecule has 5 aliphatic rings. The molecule has 6 atom stereocenters. The van der Waals surface area contributed by atoms with Crippen molar-refractivity contribution in [2.45, 2.75) is 43.7 Å². The normalized spacial score (nSPS) is 25.3. The lowest BCUT2D eigenvalue weighted by molar-refractivity contribution is 0.272. The summed E-state index contributed by atoms with van der Waals surface area (Å²) in [6.45, 7) is 0. The zero-order valence-electron chi connectivity index (χ0n) is 28.6. The molecule has 6 unspecified atom stereocenters. The molecule has 3 nitrogen and oxygen atoms in total. The predicted octanol–water partition coefficient (Wildman–Crippen LogP) is 9.89. The molecule has 0 fully saturated rings. The summed E-state index contributed by atoms with van der Waals surface area (Å²) in [5, 5.41) is 16.8. The highest BCUT2D eigenvalue weighted by Gasteiger charge is 2.43. The SMILES string of the molecule is C1=CC2c3c(c4c(c5c(n4-c4ccccc4)C=CCC5)c4ccccc34)CC(C3[N-]c4ccccc4NC3C3C=c4ccccc4=CC3)C2C=C1. The Morgan fingerprint density at radius 3 is 2.45 bits per heavy atom. The van der Waals surface area contributed by atoms with Crippen LogP contribution < -0.4 is 15.8 Å². The summed E-state index contributed by atoms with van der Waals surface area (Å²) in [7, 11) is 0. The zero-order valence-corrected chi connectivity index (χ0v) is 28.6. The van der Waals surface area contributed by atoms with Crippen molar-refractivity contribution in [1.82, 2.24) is 4.57 Å². The lowest BCUT2D eigenvalue weighted by atomic mass is 9.62. The van der Waals surface area contributed by atoms with Gasteiger partial charge in [-0.25, -0.2) is 0 Å². The molecule has 0 saturated carbocycles. The summed E-state index contributed by atoms with van der Waals surface area (Å²) in [6.07, 6.45) is 23.5. The van der Waals surface area contributed by atoms with Crippen LogP contribution in [0.1, 0.15) is 41.1 Å². The van der Waals surface area contributed by atoms with Gasteiger partial charge in [-0.2, -0.15) is 0 Å². The minimum absolute atomic E-state index is 0.104. The Morgan fingerprint density at radius 1 is 0.745 bits per heavy atom. The molecule has 0 spiro atoms. The van der Waals surface area contributed by atoms with E-state index in [0.29, 0.717) is 17.8 Å². The fourth-order valence-electron chi connectivity index (χ4n) is 10.4. The van der Waals surface area contributed by atoms with Crippen LogP contribution in [-0.2, 0) is 12.8 Å². The van der Waals surface area contributed by atoms with Gasteiger partial charge in [0, 0.05) is 40.3 Å². The standard InChI is InChI=1S/C48H40N3/c1-2-16-33(17-3-1)51-43-25-13-10-22-38(43)45-37-21-9-8-20-36(37)44-35-19-7-6-18-34(35)39(29-40(44)48(45)51)47-46(49-41-23-11-12-24-42(41)50-47)32-27-26-30-14-4-5-15-31(30)28-32/h1-9,11-21,23-26,28,32,34-35,39,46-47,49H,10,22,27,29H2/q-1. The topological polar surface area (TPSA) is 31.1 Å². The van der Waals surface area contributed by atoms with Crippen molar-refractivity contribution in [3.8, 4) is 5.69 Å². The summed E-state index contributed by atoms with van der Waals surface area (Å²) < 4.78 is 2.61. The Balaban J connectivity index is 1.16. The average molecular weight is 659 g/mol. The third-order valence-electron chi connectivity index (χ3n) is 12.5. The van der Waals surface area contributed by atoms with Crippen molar-refractivity contribution in [3.63, 3.8) is 0 Å². The fourth-order valence-corrected chi connectivity index (χ4v) is 10.4. The van der Waals surface area contributed by atoms with Gasteiger partial charge in [-0.15, -0.1) is 5.69 Å². The molecule has 0 saturated heterocycles. The maximum atomic E-state index is 5.76. The summed E-state index contributed by atoms with van der Waals surface area (Å²) in [5.41, 5.74) is 10.8. The van der Waals surface area contributed by atoms with E-state index in [-0.39, 0.29) is 18.0 Å². The van der Waals surface area contributed by atoms with E-state index in [0.717, 1.165) is 37.1 Å². The third-order valence-corrected chi connectivity index (χ3v) is 12.5. The van der Waals surface area contributed by atoms with Gasteiger partial charge >= 0.3 is 0 Å². The Hall–Kier alpha value is -5.54. The number of aryl methyl sites for hydroxylation is 1. The number of allylic oxidation sites excluding steroid dienone is 5. The van der Waals surface area contributed by atoms with E-state index >= 15 is 0 Å². The molecule has 5 aromatic carbocycles. The molecule has 51 heavy (non-hydrogen) atoms. The van der Waals surface area contributed by atoms with Gasteiger partial charge in [-0.1, -0.05) is 134 Å². The Bertz CT molecular complexity index is 2590. The first kappa shape index (κ1) is 29.2. The number of aromatic nitrogens is 1. The number of nitrogens with one attached hydrogen (secondary N) is 1. The van der Waals surface area contributed by atoms with Crippen molar-refractivity contribution in [3.05, 3.63) is 172 Å². The summed E-state index contributed by atoms with van der Waals surface area (Å²) >= 11 is 0. The molecule has 248 valence electrons. The van der Waals surface area contributed by atoms with Gasteiger partial charge in [-0.05, 0) is 99.7 Å². The second-order valence-corrected chi connectivity index (χ2v) is 15.1. The maximum absolute atomic E-state index is 5.76. The highest BCUT2D eigenvalue weighted by Crippen LogP contribution is 2.55. The second-order valence-electron chi connectivity index (χ2n) is 15.1. The molecule has 0 radical (unpaired) electrons. The Morgan fingerprint density at radius 2 is 1.53 bits per heavy atom. The van der Waals surface area contributed by atoms with Crippen LogP contribution in [0, 0.1) is 17.8 Å². The van der Waals surface area contributed by atoms with Crippen LogP contribution in [-0.4, -0.2) is 16.7 Å².